The number of carboxylic acids is 1. The van der Waals surface area contributed by atoms with Crippen molar-refractivity contribution in [1.82, 2.24) is 15.5 Å². The van der Waals surface area contributed by atoms with Gasteiger partial charge < -0.3 is 15.7 Å². The van der Waals surface area contributed by atoms with Gasteiger partial charge in [-0.15, -0.1) is 0 Å². The third-order valence-corrected chi connectivity index (χ3v) is 4.24. The molecule has 1 amide bonds. The maximum atomic E-state index is 12.0. The van der Waals surface area contributed by atoms with Crippen LogP contribution in [0.1, 0.15) is 32.1 Å². The van der Waals surface area contributed by atoms with Gasteiger partial charge in [0.15, 0.2) is 0 Å². The van der Waals surface area contributed by atoms with E-state index in [-0.39, 0.29) is 17.9 Å². The molecule has 0 bridgehead atoms. The summed E-state index contributed by atoms with van der Waals surface area (Å²) in [5, 5.41) is 15.3. The molecule has 2 fully saturated rings. The number of carbonyl (C=O) groups excluding carboxylic acids is 1. The second kappa shape index (κ2) is 7.59. The van der Waals surface area contributed by atoms with Crippen LogP contribution in [0.15, 0.2) is 0 Å². The molecule has 2 rings (SSSR count). The number of hydrogen-bond acceptors (Lipinski definition) is 4. The molecule has 20 heavy (non-hydrogen) atoms. The Bertz CT molecular complexity index is 333. The number of hydrogen-bond donors (Lipinski definition) is 3. The van der Waals surface area contributed by atoms with Crippen molar-refractivity contribution in [3.05, 3.63) is 0 Å². The molecule has 1 aliphatic carbocycles. The average molecular weight is 283 g/mol. The fraction of sp³-hybridized carbons (Fsp3) is 0.857. The van der Waals surface area contributed by atoms with Crippen molar-refractivity contribution in [2.24, 2.45) is 5.92 Å². The fourth-order valence-electron chi connectivity index (χ4n) is 3.02. The number of amides is 1. The molecule has 0 unspecified atom stereocenters. The first-order valence-electron chi connectivity index (χ1n) is 7.60. The van der Waals surface area contributed by atoms with Crippen molar-refractivity contribution in [3.8, 4) is 0 Å². The van der Waals surface area contributed by atoms with Crippen molar-refractivity contribution >= 4 is 11.9 Å². The monoisotopic (exact) mass is 283 g/mol. The molecule has 0 atom stereocenters. The summed E-state index contributed by atoms with van der Waals surface area (Å²) >= 11 is 0. The van der Waals surface area contributed by atoms with Crippen LogP contribution in [0.3, 0.4) is 0 Å². The first kappa shape index (κ1) is 15.3. The van der Waals surface area contributed by atoms with Gasteiger partial charge >= 0.3 is 5.97 Å². The Labute approximate surface area is 119 Å². The van der Waals surface area contributed by atoms with E-state index in [0.717, 1.165) is 45.4 Å². The smallest absolute Gasteiger partial charge is 0.306 e. The number of nitrogens with zero attached hydrogens (tertiary/aromatic N) is 1. The zero-order valence-corrected chi connectivity index (χ0v) is 11.9. The van der Waals surface area contributed by atoms with E-state index in [1.54, 1.807) is 0 Å². The van der Waals surface area contributed by atoms with Crippen molar-refractivity contribution < 1.29 is 14.7 Å². The molecule has 0 aromatic heterocycles. The number of carbonyl (C=O) groups is 2. The Morgan fingerprint density at radius 2 is 1.90 bits per heavy atom. The standard InChI is InChI=1S/C14H25N3O3/c18-13(10-17-8-1-6-15-7-9-17)16-12-4-2-11(3-5-12)14(19)20/h11-12,15H,1-10H2,(H,16,18)(H,19,20). The topological polar surface area (TPSA) is 81.7 Å². The molecule has 0 aromatic rings. The highest BCUT2D eigenvalue weighted by molar-refractivity contribution is 5.78. The quantitative estimate of drug-likeness (QED) is 0.679. The minimum Gasteiger partial charge on any atom is -0.481 e. The van der Waals surface area contributed by atoms with Crippen LogP contribution in [0.2, 0.25) is 0 Å². The SMILES string of the molecule is O=C(CN1CCCNCC1)NC1CCC(C(=O)O)CC1. The van der Waals surface area contributed by atoms with E-state index in [1.807, 2.05) is 0 Å². The average Bonchev–Trinajstić information content (AvgIpc) is 2.68. The Hall–Kier alpha value is -1.14. The number of nitrogens with one attached hydrogen (secondary N) is 2. The summed E-state index contributed by atoms with van der Waals surface area (Å²) in [6.07, 6.45) is 3.99. The number of aliphatic carboxylic acids is 1. The molecule has 1 aliphatic heterocycles. The molecule has 3 N–H and O–H groups in total. The lowest BCUT2D eigenvalue weighted by Gasteiger charge is -2.28. The third kappa shape index (κ3) is 4.76. The summed E-state index contributed by atoms with van der Waals surface area (Å²) in [4.78, 5) is 25.1. The van der Waals surface area contributed by atoms with Crippen LogP contribution in [-0.4, -0.2) is 60.6 Å². The molecule has 6 heteroatoms. The summed E-state index contributed by atoms with van der Waals surface area (Å²) in [7, 11) is 0. The maximum Gasteiger partial charge on any atom is 0.306 e. The molecule has 1 saturated heterocycles. The summed E-state index contributed by atoms with van der Waals surface area (Å²) in [5.74, 6) is -0.850. The first-order valence-corrected chi connectivity index (χ1v) is 7.60. The lowest BCUT2D eigenvalue weighted by Crippen LogP contribution is -2.44. The van der Waals surface area contributed by atoms with Crippen LogP contribution in [0, 0.1) is 5.92 Å². The first-order chi connectivity index (χ1) is 9.65. The second-order valence-electron chi connectivity index (χ2n) is 5.83. The van der Waals surface area contributed by atoms with E-state index >= 15 is 0 Å². The lowest BCUT2D eigenvalue weighted by molar-refractivity contribution is -0.142. The Balaban J connectivity index is 1.68. The van der Waals surface area contributed by atoms with Crippen molar-refractivity contribution in [2.45, 2.75) is 38.1 Å². The van der Waals surface area contributed by atoms with E-state index in [1.165, 1.54) is 0 Å². The van der Waals surface area contributed by atoms with E-state index in [4.69, 9.17) is 5.11 Å². The number of carboxylic acid groups (broad SMARTS) is 1. The van der Waals surface area contributed by atoms with Gasteiger partial charge in [0.1, 0.15) is 0 Å². The van der Waals surface area contributed by atoms with Gasteiger partial charge in [-0.2, -0.15) is 0 Å². The second-order valence-corrected chi connectivity index (χ2v) is 5.83. The van der Waals surface area contributed by atoms with Gasteiger partial charge in [0.2, 0.25) is 5.91 Å². The summed E-state index contributed by atoms with van der Waals surface area (Å²) in [6.45, 7) is 4.31. The minimum absolute atomic E-state index is 0.0747. The van der Waals surface area contributed by atoms with Crippen molar-refractivity contribution in [1.29, 1.82) is 0 Å². The predicted molar refractivity (Wildman–Crippen MR) is 75.5 cm³/mol. The zero-order chi connectivity index (χ0) is 14.4. The van der Waals surface area contributed by atoms with Gasteiger partial charge in [0.25, 0.3) is 0 Å². The van der Waals surface area contributed by atoms with E-state index in [2.05, 4.69) is 15.5 Å². The predicted octanol–water partition coefficient (Wildman–Crippen LogP) is 0.0413. The van der Waals surface area contributed by atoms with Crippen molar-refractivity contribution in [3.63, 3.8) is 0 Å². The van der Waals surface area contributed by atoms with Gasteiger partial charge in [-0.05, 0) is 45.2 Å². The minimum atomic E-state index is -0.702. The Morgan fingerprint density at radius 3 is 2.60 bits per heavy atom. The lowest BCUT2D eigenvalue weighted by atomic mass is 9.86. The molecule has 1 saturated carbocycles. The van der Waals surface area contributed by atoms with Crippen LogP contribution < -0.4 is 10.6 Å². The summed E-state index contributed by atoms with van der Waals surface area (Å²) < 4.78 is 0. The van der Waals surface area contributed by atoms with Gasteiger partial charge in [-0.25, -0.2) is 0 Å². The highest BCUT2D eigenvalue weighted by Crippen LogP contribution is 2.24. The van der Waals surface area contributed by atoms with E-state index < -0.39 is 5.97 Å². The Morgan fingerprint density at radius 1 is 1.15 bits per heavy atom. The van der Waals surface area contributed by atoms with Crippen LogP contribution in [0.5, 0.6) is 0 Å². The summed E-state index contributed by atoms with van der Waals surface area (Å²) in [6, 6.07) is 0.156. The van der Waals surface area contributed by atoms with Gasteiger partial charge in [-0.1, -0.05) is 0 Å². The molecule has 2 aliphatic rings. The molecule has 0 spiro atoms. The highest BCUT2D eigenvalue weighted by Gasteiger charge is 2.26. The normalized spacial score (nSPS) is 28.6. The van der Waals surface area contributed by atoms with Gasteiger partial charge in [0.05, 0.1) is 12.5 Å². The van der Waals surface area contributed by atoms with Crippen LogP contribution in [0.4, 0.5) is 0 Å². The van der Waals surface area contributed by atoms with Crippen molar-refractivity contribution in [2.75, 3.05) is 32.7 Å². The third-order valence-electron chi connectivity index (χ3n) is 4.24. The largest absolute Gasteiger partial charge is 0.481 e. The molecular weight excluding hydrogens is 258 g/mol. The van der Waals surface area contributed by atoms with E-state index in [0.29, 0.717) is 19.4 Å². The Kier molecular flexibility index (Phi) is 5.79. The highest BCUT2D eigenvalue weighted by atomic mass is 16.4. The van der Waals surface area contributed by atoms with E-state index in [9.17, 15) is 9.59 Å². The molecule has 0 radical (unpaired) electrons. The van der Waals surface area contributed by atoms with Crippen LogP contribution in [0.25, 0.3) is 0 Å². The molecular formula is C14H25N3O3. The molecule has 6 nitrogen and oxygen atoms in total. The maximum absolute atomic E-state index is 12.0. The molecule has 0 aromatic carbocycles. The molecule has 114 valence electrons. The summed E-state index contributed by atoms with van der Waals surface area (Å²) in [5.41, 5.74) is 0. The zero-order valence-electron chi connectivity index (χ0n) is 11.9. The number of rotatable bonds is 4. The van der Waals surface area contributed by atoms with Gasteiger partial charge in [-0.3, -0.25) is 14.5 Å². The van der Waals surface area contributed by atoms with Gasteiger partial charge in [0, 0.05) is 19.1 Å². The molecule has 1 heterocycles. The van der Waals surface area contributed by atoms with Crippen LogP contribution in [-0.2, 0) is 9.59 Å². The fourth-order valence-corrected chi connectivity index (χ4v) is 3.02. The van der Waals surface area contributed by atoms with Crippen LogP contribution >= 0.6 is 0 Å².